The van der Waals surface area contributed by atoms with Gasteiger partial charge in [0.1, 0.15) is 11.4 Å². The van der Waals surface area contributed by atoms with E-state index in [1.807, 2.05) is 0 Å². The van der Waals surface area contributed by atoms with E-state index in [1.54, 1.807) is 0 Å². The van der Waals surface area contributed by atoms with Crippen molar-refractivity contribution in [2.45, 2.75) is 13.0 Å². The summed E-state index contributed by atoms with van der Waals surface area (Å²) >= 11 is 0. The van der Waals surface area contributed by atoms with E-state index in [4.69, 9.17) is 18.9 Å². The minimum atomic E-state index is -1.21. The summed E-state index contributed by atoms with van der Waals surface area (Å²) in [5, 5.41) is 13.6. The highest BCUT2D eigenvalue weighted by molar-refractivity contribution is 5.98. The molecule has 0 saturated heterocycles. The molecule has 1 N–H and O–H groups in total. The number of nitrogens with zero attached hydrogens (tertiary/aromatic N) is 1. The molecule has 0 aliphatic rings. The van der Waals surface area contributed by atoms with Crippen molar-refractivity contribution < 1.29 is 33.5 Å². The number of hydrogen-bond donors (Lipinski definition) is 1. The lowest BCUT2D eigenvalue weighted by Crippen LogP contribution is -2.30. The maximum atomic E-state index is 12.3. The summed E-state index contributed by atoms with van der Waals surface area (Å²) in [6.07, 6.45) is -1.21. The van der Waals surface area contributed by atoms with Crippen molar-refractivity contribution >= 4 is 23.3 Å². The van der Waals surface area contributed by atoms with Crippen molar-refractivity contribution in [2.24, 2.45) is 0 Å². The van der Waals surface area contributed by atoms with E-state index in [1.165, 1.54) is 64.7 Å². The molecule has 2 aromatic rings. The number of rotatable bonds is 8. The summed E-state index contributed by atoms with van der Waals surface area (Å²) in [6.45, 7) is 1.35. The van der Waals surface area contributed by atoms with Crippen LogP contribution in [0.1, 0.15) is 17.3 Å². The molecule has 0 radical (unpaired) electrons. The normalized spacial score (nSPS) is 11.2. The van der Waals surface area contributed by atoms with Crippen molar-refractivity contribution in [3.05, 3.63) is 52.1 Å². The van der Waals surface area contributed by atoms with Crippen LogP contribution in [0.4, 0.5) is 11.4 Å². The van der Waals surface area contributed by atoms with Crippen LogP contribution in [-0.2, 0) is 9.53 Å². The summed E-state index contributed by atoms with van der Waals surface area (Å²) in [4.78, 5) is 35.2. The predicted molar refractivity (Wildman–Crippen MR) is 103 cm³/mol. The van der Waals surface area contributed by atoms with Crippen molar-refractivity contribution in [1.29, 1.82) is 0 Å². The molecule has 0 heterocycles. The number of benzene rings is 2. The van der Waals surface area contributed by atoms with Gasteiger partial charge in [-0.1, -0.05) is 0 Å². The van der Waals surface area contributed by atoms with Crippen LogP contribution in [0.25, 0.3) is 0 Å². The molecule has 0 bridgehead atoms. The Morgan fingerprint density at radius 3 is 2.28 bits per heavy atom. The zero-order valence-corrected chi connectivity index (χ0v) is 16.3. The van der Waals surface area contributed by atoms with Crippen LogP contribution < -0.4 is 19.5 Å². The number of methoxy groups -OCH3 is 3. The minimum absolute atomic E-state index is 0.0465. The zero-order valence-electron chi connectivity index (χ0n) is 16.3. The molecule has 29 heavy (non-hydrogen) atoms. The molecule has 0 spiro atoms. The topological polar surface area (TPSA) is 126 Å². The van der Waals surface area contributed by atoms with Crippen LogP contribution >= 0.6 is 0 Å². The Bertz CT molecular complexity index is 928. The fourth-order valence-electron chi connectivity index (χ4n) is 2.37. The Hall–Kier alpha value is -3.82. The third kappa shape index (κ3) is 5.12. The molecule has 0 saturated carbocycles. The number of ether oxygens (including phenoxy) is 4. The number of anilines is 1. The molecule has 2 rings (SSSR count). The Balaban J connectivity index is 2.11. The second kappa shape index (κ2) is 9.40. The molecule has 10 nitrogen and oxygen atoms in total. The molecular formula is C19H20N2O8. The summed E-state index contributed by atoms with van der Waals surface area (Å²) < 4.78 is 20.3. The van der Waals surface area contributed by atoms with E-state index < -0.39 is 22.9 Å². The van der Waals surface area contributed by atoms with Crippen molar-refractivity contribution in [2.75, 3.05) is 26.6 Å². The summed E-state index contributed by atoms with van der Waals surface area (Å²) in [6, 6.07) is 8.38. The largest absolute Gasteiger partial charge is 0.496 e. The molecule has 0 aliphatic carbocycles. The maximum absolute atomic E-state index is 12.3. The lowest BCUT2D eigenvalue weighted by atomic mass is 10.2. The fourth-order valence-corrected chi connectivity index (χ4v) is 2.37. The van der Waals surface area contributed by atoms with E-state index in [2.05, 4.69) is 5.32 Å². The molecule has 1 atom stereocenters. The molecule has 0 aromatic heterocycles. The lowest BCUT2D eigenvalue weighted by molar-refractivity contribution is -0.384. The van der Waals surface area contributed by atoms with Gasteiger partial charge in [-0.25, -0.2) is 4.79 Å². The van der Waals surface area contributed by atoms with Crippen LogP contribution in [0.5, 0.6) is 17.2 Å². The first kappa shape index (κ1) is 21.5. The molecule has 0 aliphatic heterocycles. The van der Waals surface area contributed by atoms with Gasteiger partial charge in [-0.2, -0.15) is 0 Å². The van der Waals surface area contributed by atoms with Gasteiger partial charge in [-0.05, 0) is 37.3 Å². The van der Waals surface area contributed by atoms with Gasteiger partial charge in [0.25, 0.3) is 11.6 Å². The fraction of sp³-hybridized carbons (Fsp3) is 0.263. The van der Waals surface area contributed by atoms with E-state index in [9.17, 15) is 19.7 Å². The van der Waals surface area contributed by atoms with Crippen LogP contribution in [-0.4, -0.2) is 44.2 Å². The van der Waals surface area contributed by atoms with E-state index >= 15 is 0 Å². The number of esters is 1. The van der Waals surface area contributed by atoms with Gasteiger partial charge >= 0.3 is 5.97 Å². The highest BCUT2D eigenvalue weighted by atomic mass is 16.6. The van der Waals surface area contributed by atoms with Gasteiger partial charge in [0.05, 0.1) is 37.9 Å². The maximum Gasteiger partial charge on any atom is 0.339 e. The van der Waals surface area contributed by atoms with Gasteiger partial charge in [0.15, 0.2) is 17.6 Å². The standard InChI is InChI=1S/C19H20N2O8/c1-11(29-19(23)12-5-8-16(27-3)17(9-12)28-4)18(22)20-14-7-6-13(26-2)10-15(14)21(24)25/h5-11H,1-4H3,(H,20,22). The van der Waals surface area contributed by atoms with Crippen LogP contribution in [0.2, 0.25) is 0 Å². The SMILES string of the molecule is COc1ccc(NC(=O)C(C)OC(=O)c2ccc(OC)c(OC)c2)c([N+](=O)[O-])c1. The molecule has 2 aromatic carbocycles. The number of carbonyl (C=O) groups excluding carboxylic acids is 2. The number of nitro groups is 1. The zero-order chi connectivity index (χ0) is 21.6. The van der Waals surface area contributed by atoms with Crippen molar-refractivity contribution in [3.63, 3.8) is 0 Å². The third-order valence-electron chi connectivity index (χ3n) is 3.93. The molecule has 0 fully saturated rings. The number of nitrogens with one attached hydrogen (secondary N) is 1. The third-order valence-corrected chi connectivity index (χ3v) is 3.93. The summed E-state index contributed by atoms with van der Waals surface area (Å²) in [5.41, 5.74) is -0.247. The number of amides is 1. The molecule has 10 heteroatoms. The highest BCUT2D eigenvalue weighted by Gasteiger charge is 2.23. The first-order chi connectivity index (χ1) is 13.8. The van der Waals surface area contributed by atoms with Gasteiger partial charge < -0.3 is 24.3 Å². The molecule has 1 amide bonds. The highest BCUT2D eigenvalue weighted by Crippen LogP contribution is 2.30. The molecule has 1 unspecified atom stereocenters. The average molecular weight is 404 g/mol. The lowest BCUT2D eigenvalue weighted by Gasteiger charge is -2.15. The summed E-state index contributed by atoms with van der Waals surface area (Å²) in [7, 11) is 4.25. The summed E-state index contributed by atoms with van der Waals surface area (Å²) in [5.74, 6) is -0.470. The van der Waals surface area contributed by atoms with E-state index in [0.29, 0.717) is 11.5 Å². The Labute approximate surface area is 166 Å². The van der Waals surface area contributed by atoms with Crippen molar-refractivity contribution in [3.8, 4) is 17.2 Å². The van der Waals surface area contributed by atoms with Crippen LogP contribution in [0, 0.1) is 10.1 Å². The monoisotopic (exact) mass is 404 g/mol. The van der Waals surface area contributed by atoms with Gasteiger partial charge in [-0.15, -0.1) is 0 Å². The Kier molecular flexibility index (Phi) is 6.96. The van der Waals surface area contributed by atoms with Crippen LogP contribution in [0.15, 0.2) is 36.4 Å². The smallest absolute Gasteiger partial charge is 0.339 e. The van der Waals surface area contributed by atoms with E-state index in [-0.39, 0.29) is 22.7 Å². The van der Waals surface area contributed by atoms with Crippen LogP contribution in [0.3, 0.4) is 0 Å². The number of nitro benzene ring substituents is 1. The quantitative estimate of drug-likeness (QED) is 0.404. The second-order valence-electron chi connectivity index (χ2n) is 5.75. The van der Waals surface area contributed by atoms with Gasteiger partial charge in [0.2, 0.25) is 0 Å². The minimum Gasteiger partial charge on any atom is -0.496 e. The number of carbonyl (C=O) groups is 2. The first-order valence-electron chi connectivity index (χ1n) is 8.37. The second-order valence-corrected chi connectivity index (χ2v) is 5.75. The predicted octanol–water partition coefficient (Wildman–Crippen LogP) is 2.80. The Morgan fingerprint density at radius 2 is 1.69 bits per heavy atom. The van der Waals surface area contributed by atoms with Crippen molar-refractivity contribution in [1.82, 2.24) is 0 Å². The molecular weight excluding hydrogens is 384 g/mol. The first-order valence-corrected chi connectivity index (χ1v) is 8.37. The Morgan fingerprint density at radius 1 is 1.00 bits per heavy atom. The number of hydrogen-bond acceptors (Lipinski definition) is 8. The van der Waals surface area contributed by atoms with E-state index in [0.717, 1.165) is 0 Å². The van der Waals surface area contributed by atoms with Gasteiger partial charge in [0, 0.05) is 0 Å². The molecule has 154 valence electrons. The average Bonchev–Trinajstić information content (AvgIpc) is 2.72. The van der Waals surface area contributed by atoms with Gasteiger partial charge in [-0.3, -0.25) is 14.9 Å².